The minimum absolute atomic E-state index is 0.448. The number of rotatable bonds is 8. The van der Waals surface area contributed by atoms with Crippen molar-refractivity contribution >= 4 is 23.3 Å². The lowest BCUT2D eigenvalue weighted by atomic mass is 10.1. The molecule has 7 heteroatoms. The first-order valence-electron chi connectivity index (χ1n) is 8.30. The Balaban J connectivity index is 2.01. The molecular formula is C19H22N6O. The van der Waals surface area contributed by atoms with Crippen LogP contribution in [0.15, 0.2) is 60.7 Å². The van der Waals surface area contributed by atoms with Crippen molar-refractivity contribution in [1.29, 1.82) is 0 Å². The molecule has 0 spiro atoms. The molecule has 134 valence electrons. The summed E-state index contributed by atoms with van der Waals surface area (Å²) in [4.78, 5) is 9.16. The molecule has 0 aliphatic rings. The monoisotopic (exact) mass is 350 g/mol. The highest BCUT2D eigenvalue weighted by Crippen LogP contribution is 2.33. The Hall–Kier alpha value is -3.16. The maximum Gasteiger partial charge on any atom is 0.231 e. The van der Waals surface area contributed by atoms with Crippen LogP contribution >= 0.6 is 0 Å². The van der Waals surface area contributed by atoms with Gasteiger partial charge in [-0.2, -0.15) is 9.97 Å². The summed E-state index contributed by atoms with van der Waals surface area (Å²) >= 11 is 0. The van der Waals surface area contributed by atoms with Gasteiger partial charge in [0.2, 0.25) is 5.95 Å². The van der Waals surface area contributed by atoms with E-state index in [9.17, 15) is 0 Å². The van der Waals surface area contributed by atoms with Gasteiger partial charge in [0.1, 0.15) is 5.82 Å². The van der Waals surface area contributed by atoms with E-state index in [1.54, 1.807) is 7.11 Å². The van der Waals surface area contributed by atoms with Gasteiger partial charge in [-0.25, -0.2) is 5.84 Å². The van der Waals surface area contributed by atoms with Gasteiger partial charge >= 0.3 is 0 Å². The van der Waals surface area contributed by atoms with Crippen molar-refractivity contribution in [3.05, 3.63) is 60.7 Å². The third-order valence-electron chi connectivity index (χ3n) is 3.74. The third-order valence-corrected chi connectivity index (χ3v) is 3.74. The summed E-state index contributed by atoms with van der Waals surface area (Å²) in [6.45, 7) is 1.17. The fourth-order valence-corrected chi connectivity index (χ4v) is 2.55. The van der Waals surface area contributed by atoms with Crippen molar-refractivity contribution in [2.24, 2.45) is 5.84 Å². The predicted molar refractivity (Wildman–Crippen MR) is 105 cm³/mol. The van der Waals surface area contributed by atoms with Crippen LogP contribution in [0.4, 0.5) is 23.3 Å². The molecule has 0 saturated heterocycles. The SMILES string of the molecule is COCCNc1nc(Nc2ccccc2)nc(NN)c1-c1ccccc1. The second kappa shape index (κ2) is 8.80. The van der Waals surface area contributed by atoms with Crippen molar-refractivity contribution in [2.75, 3.05) is 36.3 Å². The van der Waals surface area contributed by atoms with Gasteiger partial charge in [-0.3, -0.25) is 0 Å². The summed E-state index contributed by atoms with van der Waals surface area (Å²) in [5.74, 6) is 7.41. The number of aromatic nitrogens is 2. The summed E-state index contributed by atoms with van der Waals surface area (Å²) in [5, 5.41) is 6.50. The Morgan fingerprint density at radius 1 is 0.923 bits per heavy atom. The zero-order valence-electron chi connectivity index (χ0n) is 14.6. The van der Waals surface area contributed by atoms with E-state index in [4.69, 9.17) is 10.6 Å². The van der Waals surface area contributed by atoms with E-state index in [0.717, 1.165) is 16.8 Å². The molecule has 0 aliphatic carbocycles. The number of ether oxygens (including phenoxy) is 1. The summed E-state index contributed by atoms with van der Waals surface area (Å²) in [7, 11) is 1.66. The maximum atomic E-state index is 5.75. The molecule has 1 aromatic heterocycles. The van der Waals surface area contributed by atoms with E-state index < -0.39 is 0 Å². The van der Waals surface area contributed by atoms with Gasteiger partial charge in [0.05, 0.1) is 12.2 Å². The van der Waals surface area contributed by atoms with E-state index in [1.807, 2.05) is 60.7 Å². The molecule has 7 nitrogen and oxygen atoms in total. The van der Waals surface area contributed by atoms with Crippen molar-refractivity contribution in [3.63, 3.8) is 0 Å². The first kappa shape index (κ1) is 17.7. The maximum absolute atomic E-state index is 5.75. The van der Waals surface area contributed by atoms with Crippen molar-refractivity contribution in [3.8, 4) is 11.1 Å². The Bertz CT molecular complexity index is 826. The molecule has 0 amide bonds. The van der Waals surface area contributed by atoms with Gasteiger partial charge < -0.3 is 20.8 Å². The van der Waals surface area contributed by atoms with Crippen molar-refractivity contribution in [2.45, 2.75) is 0 Å². The minimum atomic E-state index is 0.448. The molecule has 0 radical (unpaired) electrons. The van der Waals surface area contributed by atoms with E-state index in [1.165, 1.54) is 0 Å². The minimum Gasteiger partial charge on any atom is -0.383 e. The van der Waals surface area contributed by atoms with Crippen molar-refractivity contribution < 1.29 is 4.74 Å². The number of hydrogen-bond acceptors (Lipinski definition) is 7. The number of nitrogens with zero attached hydrogens (tertiary/aromatic N) is 2. The number of hydrogen-bond donors (Lipinski definition) is 4. The van der Waals surface area contributed by atoms with E-state index in [-0.39, 0.29) is 0 Å². The van der Waals surface area contributed by atoms with Gasteiger partial charge in [-0.1, -0.05) is 48.5 Å². The summed E-state index contributed by atoms with van der Waals surface area (Å²) in [6, 6.07) is 19.6. The lowest BCUT2D eigenvalue weighted by Crippen LogP contribution is -2.16. The Labute approximate surface area is 152 Å². The number of anilines is 4. The zero-order chi connectivity index (χ0) is 18.2. The molecule has 26 heavy (non-hydrogen) atoms. The molecule has 0 saturated carbocycles. The molecule has 1 heterocycles. The smallest absolute Gasteiger partial charge is 0.231 e. The van der Waals surface area contributed by atoms with Crippen LogP contribution in [0.3, 0.4) is 0 Å². The topological polar surface area (TPSA) is 97.1 Å². The molecule has 3 rings (SSSR count). The van der Waals surface area contributed by atoms with Gasteiger partial charge in [0.15, 0.2) is 5.82 Å². The highest BCUT2D eigenvalue weighted by atomic mass is 16.5. The predicted octanol–water partition coefficient (Wildman–Crippen LogP) is 3.23. The zero-order valence-corrected chi connectivity index (χ0v) is 14.6. The molecule has 0 aliphatic heterocycles. The average molecular weight is 350 g/mol. The first-order valence-corrected chi connectivity index (χ1v) is 8.30. The fourth-order valence-electron chi connectivity index (χ4n) is 2.55. The lowest BCUT2D eigenvalue weighted by Gasteiger charge is -2.17. The number of benzene rings is 2. The fraction of sp³-hybridized carbons (Fsp3) is 0.158. The Kier molecular flexibility index (Phi) is 5.97. The van der Waals surface area contributed by atoms with Crippen LogP contribution in [0, 0.1) is 0 Å². The van der Waals surface area contributed by atoms with Crippen LogP contribution in [-0.4, -0.2) is 30.2 Å². The molecule has 5 N–H and O–H groups in total. The van der Waals surface area contributed by atoms with E-state index >= 15 is 0 Å². The standard InChI is InChI=1S/C19H22N6O/c1-26-13-12-21-17-16(14-8-4-2-5-9-14)18(25-20)24-19(23-17)22-15-10-6-3-7-11-15/h2-11H,12-13,20H2,1H3,(H3,21,22,23,24,25). The van der Waals surface area contributed by atoms with Gasteiger partial charge in [-0.05, 0) is 17.7 Å². The Morgan fingerprint density at radius 3 is 2.23 bits per heavy atom. The molecular weight excluding hydrogens is 328 g/mol. The number of nitrogens with one attached hydrogen (secondary N) is 3. The van der Waals surface area contributed by atoms with Crippen LogP contribution in [0.25, 0.3) is 11.1 Å². The largest absolute Gasteiger partial charge is 0.383 e. The summed E-state index contributed by atoms with van der Waals surface area (Å²) < 4.78 is 5.13. The molecule has 0 fully saturated rings. The second-order valence-corrected chi connectivity index (χ2v) is 5.54. The van der Waals surface area contributed by atoms with Gasteiger partial charge in [0.25, 0.3) is 0 Å². The van der Waals surface area contributed by atoms with Crippen LogP contribution in [0.1, 0.15) is 0 Å². The summed E-state index contributed by atoms with van der Waals surface area (Å²) in [5.41, 5.74) is 5.36. The van der Waals surface area contributed by atoms with E-state index in [2.05, 4.69) is 26.0 Å². The average Bonchev–Trinajstić information content (AvgIpc) is 2.69. The third kappa shape index (κ3) is 4.27. The highest BCUT2D eigenvalue weighted by Gasteiger charge is 2.16. The van der Waals surface area contributed by atoms with Crippen molar-refractivity contribution in [1.82, 2.24) is 9.97 Å². The lowest BCUT2D eigenvalue weighted by molar-refractivity contribution is 0.210. The summed E-state index contributed by atoms with van der Waals surface area (Å²) in [6.07, 6.45) is 0. The number of hydrazine groups is 1. The molecule has 0 unspecified atom stereocenters. The van der Waals surface area contributed by atoms with Crippen LogP contribution in [-0.2, 0) is 4.74 Å². The number of para-hydroxylation sites is 1. The first-order chi connectivity index (χ1) is 12.8. The Morgan fingerprint density at radius 2 is 1.58 bits per heavy atom. The second-order valence-electron chi connectivity index (χ2n) is 5.54. The quantitative estimate of drug-likeness (QED) is 0.281. The van der Waals surface area contributed by atoms with Crippen LogP contribution in [0.5, 0.6) is 0 Å². The molecule has 0 atom stereocenters. The highest BCUT2D eigenvalue weighted by molar-refractivity contribution is 5.85. The molecule has 3 aromatic rings. The van der Waals surface area contributed by atoms with Gasteiger partial charge in [0, 0.05) is 19.3 Å². The normalized spacial score (nSPS) is 10.4. The van der Waals surface area contributed by atoms with Gasteiger partial charge in [-0.15, -0.1) is 0 Å². The van der Waals surface area contributed by atoms with Crippen LogP contribution in [0.2, 0.25) is 0 Å². The van der Waals surface area contributed by atoms with E-state index in [0.29, 0.717) is 30.7 Å². The van der Waals surface area contributed by atoms with Crippen LogP contribution < -0.4 is 21.9 Å². The number of nitrogens with two attached hydrogens (primary N) is 1. The number of nitrogen functional groups attached to an aromatic ring is 1. The molecule has 0 bridgehead atoms. The molecule has 2 aromatic carbocycles. The number of methoxy groups -OCH3 is 1.